The summed E-state index contributed by atoms with van der Waals surface area (Å²) in [5.74, 6) is 1.64. The Kier molecular flexibility index (Phi) is 3.92. The Balaban J connectivity index is 2.14. The lowest BCUT2D eigenvalue weighted by Gasteiger charge is -2.16. The minimum Gasteiger partial charge on any atom is -0.497 e. The Hall–Kier alpha value is -3.21. The van der Waals surface area contributed by atoms with Crippen molar-refractivity contribution in [3.63, 3.8) is 0 Å². The molecule has 0 N–H and O–H groups in total. The van der Waals surface area contributed by atoms with E-state index in [1.807, 2.05) is 36.4 Å². The molecule has 0 radical (unpaired) electrons. The van der Waals surface area contributed by atoms with Crippen LogP contribution < -0.4 is 14.2 Å². The molecule has 1 heterocycles. The van der Waals surface area contributed by atoms with Gasteiger partial charge in [0.25, 0.3) is 0 Å². The molecule has 4 rings (SSSR count). The Morgan fingerprint density at radius 2 is 1.50 bits per heavy atom. The van der Waals surface area contributed by atoms with Gasteiger partial charge in [-0.25, -0.2) is 4.79 Å². The molecule has 5 heteroatoms. The van der Waals surface area contributed by atoms with E-state index in [0.29, 0.717) is 22.8 Å². The first-order valence-electron chi connectivity index (χ1n) is 8.20. The summed E-state index contributed by atoms with van der Waals surface area (Å²) in [7, 11) is 4.81. The lowest BCUT2D eigenvalue weighted by molar-refractivity contribution is 0.0535. The monoisotopic (exact) mass is 350 g/mol. The van der Waals surface area contributed by atoms with Crippen molar-refractivity contribution in [2.24, 2.45) is 0 Å². The molecule has 26 heavy (non-hydrogen) atoms. The Labute approximate surface area is 151 Å². The maximum Gasteiger partial charge on any atom is 0.339 e. The normalized spacial score (nSPS) is 12.7. The summed E-state index contributed by atoms with van der Waals surface area (Å²) < 4.78 is 21.8. The van der Waals surface area contributed by atoms with Crippen LogP contribution in [0.2, 0.25) is 0 Å². The molecule has 5 nitrogen and oxygen atoms in total. The molecule has 0 atom stereocenters. The zero-order valence-corrected chi connectivity index (χ0v) is 14.8. The second-order valence-corrected chi connectivity index (χ2v) is 5.98. The third-order valence-electron chi connectivity index (χ3n) is 4.66. The van der Waals surface area contributed by atoms with Gasteiger partial charge in [0.1, 0.15) is 23.9 Å². The second-order valence-electron chi connectivity index (χ2n) is 5.98. The average molecular weight is 350 g/mol. The van der Waals surface area contributed by atoms with Gasteiger partial charge in [-0.05, 0) is 23.1 Å². The van der Waals surface area contributed by atoms with E-state index in [1.165, 1.54) is 0 Å². The molecule has 132 valence electrons. The molecule has 1 aliphatic rings. The number of carbonyl (C=O) groups excluding carboxylic acids is 1. The van der Waals surface area contributed by atoms with Gasteiger partial charge in [0, 0.05) is 22.6 Å². The third kappa shape index (κ3) is 2.36. The Morgan fingerprint density at radius 3 is 2.12 bits per heavy atom. The van der Waals surface area contributed by atoms with Crippen LogP contribution in [-0.4, -0.2) is 27.3 Å². The molecule has 0 spiro atoms. The van der Waals surface area contributed by atoms with Gasteiger partial charge in [0.05, 0.1) is 26.9 Å². The highest BCUT2D eigenvalue weighted by molar-refractivity contribution is 6.13. The molecular formula is C21H18O5. The van der Waals surface area contributed by atoms with E-state index in [2.05, 4.69) is 0 Å². The minimum absolute atomic E-state index is 0.205. The van der Waals surface area contributed by atoms with E-state index in [0.717, 1.165) is 27.5 Å². The van der Waals surface area contributed by atoms with Crippen LogP contribution in [0, 0.1) is 0 Å². The van der Waals surface area contributed by atoms with E-state index < -0.39 is 0 Å². The van der Waals surface area contributed by atoms with Gasteiger partial charge < -0.3 is 18.9 Å². The summed E-state index contributed by atoms with van der Waals surface area (Å²) in [6, 6.07) is 13.4. The third-order valence-corrected chi connectivity index (χ3v) is 4.66. The van der Waals surface area contributed by atoms with Crippen molar-refractivity contribution in [2.75, 3.05) is 21.3 Å². The molecule has 0 amide bonds. The van der Waals surface area contributed by atoms with Gasteiger partial charge in [-0.2, -0.15) is 0 Å². The first-order chi connectivity index (χ1) is 12.7. The molecule has 3 aromatic rings. The molecular weight excluding hydrogens is 332 g/mol. The quantitative estimate of drug-likeness (QED) is 0.660. The van der Waals surface area contributed by atoms with Crippen molar-refractivity contribution >= 4 is 16.7 Å². The minimum atomic E-state index is -0.346. The fourth-order valence-electron chi connectivity index (χ4n) is 3.52. The highest BCUT2D eigenvalue weighted by Gasteiger charge is 2.32. The van der Waals surface area contributed by atoms with Crippen molar-refractivity contribution in [2.45, 2.75) is 6.61 Å². The molecule has 0 saturated carbocycles. The summed E-state index contributed by atoms with van der Waals surface area (Å²) in [6.07, 6.45) is 0. The lowest BCUT2D eigenvalue weighted by atomic mass is 9.89. The van der Waals surface area contributed by atoms with Gasteiger partial charge in [0.2, 0.25) is 0 Å². The summed E-state index contributed by atoms with van der Waals surface area (Å²) in [5.41, 5.74) is 2.94. The van der Waals surface area contributed by atoms with Crippen LogP contribution in [0.1, 0.15) is 15.9 Å². The number of rotatable bonds is 4. The second kappa shape index (κ2) is 6.26. The number of hydrogen-bond donors (Lipinski definition) is 0. The standard InChI is InChI=1S/C21H18O5/c1-23-13-8-12(9-14(10-13)24-2)18-15-6-4-5-7-16(15)20(25-3)17-11-26-21(22)19(17)18/h4-10H,11H2,1-3H3. The average Bonchev–Trinajstić information content (AvgIpc) is 3.06. The summed E-state index contributed by atoms with van der Waals surface area (Å²) in [5, 5.41) is 1.85. The van der Waals surface area contributed by atoms with Gasteiger partial charge >= 0.3 is 5.97 Å². The largest absolute Gasteiger partial charge is 0.497 e. The number of ether oxygens (including phenoxy) is 4. The van der Waals surface area contributed by atoms with Gasteiger partial charge in [-0.1, -0.05) is 24.3 Å². The summed E-state index contributed by atoms with van der Waals surface area (Å²) in [6.45, 7) is 0.205. The van der Waals surface area contributed by atoms with Crippen molar-refractivity contribution in [3.05, 3.63) is 53.6 Å². The SMILES string of the molecule is COc1cc(OC)cc(-c2c3c(c(OC)c4ccccc24)COC3=O)c1. The maximum absolute atomic E-state index is 12.5. The molecule has 0 fully saturated rings. The Bertz CT molecular complexity index is 1000. The van der Waals surface area contributed by atoms with Crippen molar-refractivity contribution in [1.29, 1.82) is 0 Å². The van der Waals surface area contributed by atoms with Crippen LogP contribution in [0.3, 0.4) is 0 Å². The van der Waals surface area contributed by atoms with E-state index in [1.54, 1.807) is 27.4 Å². The topological polar surface area (TPSA) is 54.0 Å². The highest BCUT2D eigenvalue weighted by atomic mass is 16.5. The van der Waals surface area contributed by atoms with Crippen molar-refractivity contribution < 1.29 is 23.7 Å². The predicted molar refractivity (Wildman–Crippen MR) is 98.2 cm³/mol. The number of cyclic esters (lactones) is 1. The summed E-state index contributed by atoms with van der Waals surface area (Å²) in [4.78, 5) is 12.5. The zero-order chi connectivity index (χ0) is 18.3. The molecule has 0 unspecified atom stereocenters. The molecule has 0 aromatic heterocycles. The van der Waals surface area contributed by atoms with Crippen LogP contribution in [0.4, 0.5) is 0 Å². The van der Waals surface area contributed by atoms with Crippen LogP contribution in [0.25, 0.3) is 21.9 Å². The fraction of sp³-hybridized carbons (Fsp3) is 0.190. The van der Waals surface area contributed by atoms with E-state index >= 15 is 0 Å². The summed E-state index contributed by atoms with van der Waals surface area (Å²) >= 11 is 0. The number of fused-ring (bicyclic) bond motifs is 2. The molecule has 1 aliphatic heterocycles. The Morgan fingerprint density at radius 1 is 0.846 bits per heavy atom. The van der Waals surface area contributed by atoms with Crippen LogP contribution in [0.15, 0.2) is 42.5 Å². The molecule has 0 bridgehead atoms. The lowest BCUT2D eigenvalue weighted by Crippen LogP contribution is -2.01. The number of esters is 1. The van der Waals surface area contributed by atoms with E-state index in [-0.39, 0.29) is 12.6 Å². The first kappa shape index (κ1) is 16.3. The van der Waals surface area contributed by atoms with Gasteiger partial charge in [0.15, 0.2) is 0 Å². The van der Waals surface area contributed by atoms with Crippen LogP contribution >= 0.6 is 0 Å². The molecule has 3 aromatic carbocycles. The van der Waals surface area contributed by atoms with Gasteiger partial charge in [-0.3, -0.25) is 0 Å². The van der Waals surface area contributed by atoms with Crippen LogP contribution in [0.5, 0.6) is 17.2 Å². The van der Waals surface area contributed by atoms with Gasteiger partial charge in [-0.15, -0.1) is 0 Å². The number of benzene rings is 3. The predicted octanol–water partition coefficient (Wildman–Crippen LogP) is 4.20. The first-order valence-corrected chi connectivity index (χ1v) is 8.20. The number of hydrogen-bond acceptors (Lipinski definition) is 5. The van der Waals surface area contributed by atoms with Crippen molar-refractivity contribution in [1.82, 2.24) is 0 Å². The zero-order valence-electron chi connectivity index (χ0n) is 14.8. The molecule has 0 saturated heterocycles. The number of methoxy groups -OCH3 is 3. The van der Waals surface area contributed by atoms with E-state index in [9.17, 15) is 4.79 Å². The molecule has 0 aliphatic carbocycles. The highest BCUT2D eigenvalue weighted by Crippen LogP contribution is 2.45. The van der Waals surface area contributed by atoms with E-state index in [4.69, 9.17) is 18.9 Å². The smallest absolute Gasteiger partial charge is 0.339 e. The fourth-order valence-corrected chi connectivity index (χ4v) is 3.52. The van der Waals surface area contributed by atoms with Crippen molar-refractivity contribution in [3.8, 4) is 28.4 Å². The number of carbonyl (C=O) groups is 1. The maximum atomic E-state index is 12.5. The van der Waals surface area contributed by atoms with Crippen LogP contribution in [-0.2, 0) is 11.3 Å².